The minimum Gasteiger partial charge on any atom is -0.316 e. The highest BCUT2D eigenvalue weighted by Gasteiger charge is 2.25. The molecule has 0 aliphatic heterocycles. The summed E-state index contributed by atoms with van der Waals surface area (Å²) in [6, 6.07) is 7.20. The van der Waals surface area contributed by atoms with Crippen LogP contribution in [0.3, 0.4) is 0 Å². The third kappa shape index (κ3) is 4.76. The average Bonchev–Trinajstić information content (AvgIpc) is 2.38. The molecule has 0 fully saturated rings. The molecule has 1 N–H and O–H groups in total. The first kappa shape index (κ1) is 16.4. The van der Waals surface area contributed by atoms with Crippen molar-refractivity contribution in [3.8, 4) is 0 Å². The lowest BCUT2D eigenvalue weighted by molar-refractivity contribution is 0.454. The lowest BCUT2D eigenvalue weighted by Gasteiger charge is -2.22. The lowest BCUT2D eigenvalue weighted by atomic mass is 10.2. The molecule has 0 bridgehead atoms. The van der Waals surface area contributed by atoms with Gasteiger partial charge >= 0.3 is 0 Å². The Kier molecular flexibility index (Phi) is 6.26. The van der Waals surface area contributed by atoms with Crippen LogP contribution >= 0.6 is 11.6 Å². The predicted molar refractivity (Wildman–Crippen MR) is 79.8 cm³/mol. The van der Waals surface area contributed by atoms with Gasteiger partial charge in [-0.25, -0.2) is 12.7 Å². The summed E-state index contributed by atoms with van der Waals surface area (Å²) in [6.45, 7) is 5.26. The summed E-state index contributed by atoms with van der Waals surface area (Å²) in [5.74, 6) is 0. The van der Waals surface area contributed by atoms with Crippen LogP contribution in [0, 0.1) is 0 Å². The van der Waals surface area contributed by atoms with E-state index in [-0.39, 0.29) is 0 Å². The molecule has 1 unspecified atom stereocenters. The Balaban J connectivity index is 2.70. The van der Waals surface area contributed by atoms with Crippen molar-refractivity contribution in [2.45, 2.75) is 25.6 Å². The molecule has 0 aliphatic carbocycles. The normalized spacial score (nSPS) is 13.7. The van der Waals surface area contributed by atoms with Crippen molar-refractivity contribution >= 4 is 21.6 Å². The summed E-state index contributed by atoms with van der Waals surface area (Å²) in [7, 11) is -1.68. The summed E-state index contributed by atoms with van der Waals surface area (Å²) in [4.78, 5) is 0. The Morgan fingerprint density at radius 1 is 1.32 bits per heavy atom. The molecule has 0 radical (unpaired) electrons. The molecule has 0 aliphatic rings. The van der Waals surface area contributed by atoms with E-state index in [2.05, 4.69) is 5.32 Å². The summed E-state index contributed by atoms with van der Waals surface area (Å²) >= 11 is 5.81. The number of sulfonamides is 1. The maximum atomic E-state index is 12.3. The van der Waals surface area contributed by atoms with Crippen molar-refractivity contribution in [3.63, 3.8) is 0 Å². The van der Waals surface area contributed by atoms with Crippen LogP contribution in [0.15, 0.2) is 24.3 Å². The number of halogens is 1. The molecule has 4 nitrogen and oxygen atoms in total. The zero-order chi connectivity index (χ0) is 14.5. The van der Waals surface area contributed by atoms with Crippen molar-refractivity contribution < 1.29 is 8.42 Å². The van der Waals surface area contributed by atoms with Crippen LogP contribution in [-0.4, -0.2) is 38.1 Å². The number of rotatable bonds is 7. The minimum atomic E-state index is -3.28. The zero-order valence-corrected chi connectivity index (χ0v) is 13.1. The van der Waals surface area contributed by atoms with Crippen molar-refractivity contribution in [1.82, 2.24) is 9.62 Å². The molecule has 1 aromatic carbocycles. The number of hydrogen-bond donors (Lipinski definition) is 1. The number of benzene rings is 1. The molecule has 0 aromatic heterocycles. The van der Waals surface area contributed by atoms with Gasteiger partial charge in [-0.1, -0.05) is 30.7 Å². The molecule has 108 valence electrons. The van der Waals surface area contributed by atoms with Crippen LogP contribution < -0.4 is 5.32 Å². The second-order valence-electron chi connectivity index (χ2n) is 4.55. The fourth-order valence-electron chi connectivity index (χ4n) is 1.70. The van der Waals surface area contributed by atoms with E-state index in [0.717, 1.165) is 12.1 Å². The van der Waals surface area contributed by atoms with E-state index in [0.29, 0.717) is 18.1 Å². The molecule has 0 saturated heterocycles. The lowest BCUT2D eigenvalue weighted by Crippen LogP contribution is -2.39. The first-order valence-corrected chi connectivity index (χ1v) is 8.16. The van der Waals surface area contributed by atoms with Gasteiger partial charge in [-0.05, 0) is 31.2 Å². The average molecular weight is 305 g/mol. The highest BCUT2D eigenvalue weighted by Crippen LogP contribution is 2.14. The molecule has 1 rings (SSSR count). The molecule has 0 spiro atoms. The van der Waals surface area contributed by atoms with E-state index in [1.165, 1.54) is 4.31 Å². The van der Waals surface area contributed by atoms with Gasteiger partial charge in [-0.2, -0.15) is 0 Å². The molecule has 1 atom stereocenters. The SMILES string of the molecule is CCNCC(C)S(=O)(=O)N(C)Cc1ccc(Cl)cc1. The molecular weight excluding hydrogens is 284 g/mol. The van der Waals surface area contributed by atoms with Crippen molar-refractivity contribution in [3.05, 3.63) is 34.9 Å². The standard InChI is InChI=1S/C13H21ClN2O2S/c1-4-15-9-11(2)19(17,18)16(3)10-12-5-7-13(14)8-6-12/h5-8,11,15H,4,9-10H2,1-3H3. The monoisotopic (exact) mass is 304 g/mol. The van der Waals surface area contributed by atoms with Crippen LogP contribution in [0.5, 0.6) is 0 Å². The molecule has 0 saturated carbocycles. The Morgan fingerprint density at radius 3 is 2.42 bits per heavy atom. The Labute approximate surface area is 120 Å². The molecule has 1 aromatic rings. The number of nitrogens with zero attached hydrogens (tertiary/aromatic N) is 1. The topological polar surface area (TPSA) is 49.4 Å². The van der Waals surface area contributed by atoms with E-state index in [1.807, 2.05) is 19.1 Å². The predicted octanol–water partition coefficient (Wildman–Crippen LogP) is 2.10. The van der Waals surface area contributed by atoms with Crippen LogP contribution in [0.1, 0.15) is 19.4 Å². The molecule has 19 heavy (non-hydrogen) atoms. The van der Waals surface area contributed by atoms with E-state index < -0.39 is 15.3 Å². The van der Waals surface area contributed by atoms with E-state index in [9.17, 15) is 8.42 Å². The fraction of sp³-hybridized carbons (Fsp3) is 0.538. The second kappa shape index (κ2) is 7.24. The highest BCUT2D eigenvalue weighted by atomic mass is 35.5. The quantitative estimate of drug-likeness (QED) is 0.839. The van der Waals surface area contributed by atoms with Crippen LogP contribution in [-0.2, 0) is 16.6 Å². The van der Waals surface area contributed by atoms with Gasteiger partial charge in [-0.15, -0.1) is 0 Å². The van der Waals surface area contributed by atoms with Gasteiger partial charge in [-0.3, -0.25) is 0 Å². The Morgan fingerprint density at radius 2 is 1.89 bits per heavy atom. The fourth-order valence-corrected chi connectivity index (χ4v) is 3.09. The first-order chi connectivity index (χ1) is 8.87. The van der Waals surface area contributed by atoms with Gasteiger partial charge in [0.1, 0.15) is 0 Å². The third-order valence-corrected chi connectivity index (χ3v) is 5.38. The second-order valence-corrected chi connectivity index (χ2v) is 7.44. The molecule has 6 heteroatoms. The Bertz CT molecular complexity index is 488. The van der Waals surface area contributed by atoms with Crippen LogP contribution in [0.2, 0.25) is 5.02 Å². The van der Waals surface area contributed by atoms with Crippen LogP contribution in [0.25, 0.3) is 0 Å². The van der Waals surface area contributed by atoms with E-state index in [1.54, 1.807) is 26.1 Å². The summed E-state index contributed by atoms with van der Waals surface area (Å²) in [6.07, 6.45) is 0. The van der Waals surface area contributed by atoms with Crippen molar-refractivity contribution in [2.75, 3.05) is 20.1 Å². The number of nitrogens with one attached hydrogen (secondary N) is 1. The van der Waals surface area contributed by atoms with Crippen molar-refractivity contribution in [1.29, 1.82) is 0 Å². The van der Waals surface area contributed by atoms with Gasteiger partial charge in [0.25, 0.3) is 0 Å². The summed E-state index contributed by atoms with van der Waals surface area (Å²) in [5.41, 5.74) is 0.922. The molecular formula is C13H21ClN2O2S. The van der Waals surface area contributed by atoms with Gasteiger partial charge in [0.15, 0.2) is 0 Å². The number of hydrogen-bond acceptors (Lipinski definition) is 3. The highest BCUT2D eigenvalue weighted by molar-refractivity contribution is 7.89. The maximum absolute atomic E-state index is 12.3. The molecule has 0 heterocycles. The van der Waals surface area contributed by atoms with E-state index >= 15 is 0 Å². The molecule has 0 amide bonds. The van der Waals surface area contributed by atoms with Crippen LogP contribution in [0.4, 0.5) is 0 Å². The van der Waals surface area contributed by atoms with Gasteiger partial charge < -0.3 is 5.32 Å². The van der Waals surface area contributed by atoms with E-state index in [4.69, 9.17) is 11.6 Å². The van der Waals surface area contributed by atoms with Gasteiger partial charge in [0, 0.05) is 25.2 Å². The summed E-state index contributed by atoms with van der Waals surface area (Å²) in [5, 5.41) is 3.26. The first-order valence-electron chi connectivity index (χ1n) is 6.28. The third-order valence-electron chi connectivity index (χ3n) is 2.94. The van der Waals surface area contributed by atoms with Crippen molar-refractivity contribution in [2.24, 2.45) is 0 Å². The van der Waals surface area contributed by atoms with Gasteiger partial charge in [0.05, 0.1) is 5.25 Å². The largest absolute Gasteiger partial charge is 0.316 e. The minimum absolute atomic E-state index is 0.357. The van der Waals surface area contributed by atoms with Gasteiger partial charge in [0.2, 0.25) is 10.0 Å². The smallest absolute Gasteiger partial charge is 0.218 e. The Hall–Kier alpha value is -0.620. The summed E-state index contributed by atoms with van der Waals surface area (Å²) < 4.78 is 25.9. The zero-order valence-electron chi connectivity index (χ0n) is 11.6. The maximum Gasteiger partial charge on any atom is 0.218 e.